The molecule has 2 radical (unpaired) electrons. The average Bonchev–Trinajstić information content (AvgIpc) is 2.40. The molecular formula is C17H31NOSi3. The summed E-state index contributed by atoms with van der Waals surface area (Å²) in [5.41, 5.74) is 1.19. The summed E-state index contributed by atoms with van der Waals surface area (Å²) in [5, 5.41) is 1.35. The summed E-state index contributed by atoms with van der Waals surface area (Å²) in [7, 11) is -1.79. The summed E-state index contributed by atoms with van der Waals surface area (Å²) in [5.74, 6) is 0. The number of hydrogen-bond acceptors (Lipinski definition) is 2. The van der Waals surface area contributed by atoms with Crippen molar-refractivity contribution in [1.82, 2.24) is 4.23 Å². The van der Waals surface area contributed by atoms with Crippen LogP contribution in [0.15, 0.2) is 30.8 Å². The van der Waals surface area contributed by atoms with Crippen LogP contribution in [0.5, 0.6) is 0 Å². The van der Waals surface area contributed by atoms with Crippen LogP contribution < -0.4 is 5.19 Å². The summed E-state index contributed by atoms with van der Waals surface area (Å²) in [6.07, 6.45) is 2.72. The Morgan fingerprint density at radius 1 is 1.14 bits per heavy atom. The van der Waals surface area contributed by atoms with Gasteiger partial charge in [0.25, 0.3) is 0 Å². The van der Waals surface area contributed by atoms with E-state index in [0.717, 1.165) is 19.4 Å². The highest BCUT2D eigenvalue weighted by molar-refractivity contribution is 6.89. The van der Waals surface area contributed by atoms with E-state index in [4.69, 9.17) is 4.74 Å². The lowest BCUT2D eigenvalue weighted by Gasteiger charge is -2.43. The van der Waals surface area contributed by atoms with E-state index >= 15 is 0 Å². The van der Waals surface area contributed by atoms with Gasteiger partial charge in [-0.25, -0.2) is 0 Å². The fraction of sp³-hybridized carbons (Fsp3) is 0.529. The van der Waals surface area contributed by atoms with Gasteiger partial charge in [0.05, 0.1) is 6.61 Å². The Labute approximate surface area is 141 Å². The standard InChI is InChI=1S/C17H31NOSi3/c1-8-16-10-9-11-17(14-16)20-15-19-13-12-18(21(2,3)4)22(5,6)7/h8-11,14H,1,12-13,15H2,2-7H3. The smallest absolute Gasteiger partial charge is 0.114 e. The Balaban J connectivity index is 2.39. The molecule has 0 fully saturated rings. The first-order valence-electron chi connectivity index (χ1n) is 7.96. The van der Waals surface area contributed by atoms with Crippen molar-refractivity contribution in [2.45, 2.75) is 39.3 Å². The fourth-order valence-electron chi connectivity index (χ4n) is 2.82. The van der Waals surface area contributed by atoms with Crippen molar-refractivity contribution in [2.24, 2.45) is 0 Å². The van der Waals surface area contributed by atoms with E-state index in [1.165, 1.54) is 10.8 Å². The first-order valence-corrected chi connectivity index (χ1v) is 16.1. The first-order chi connectivity index (χ1) is 10.1. The zero-order valence-corrected chi connectivity index (χ0v) is 18.1. The number of nitrogens with zero attached hydrogens (tertiary/aromatic N) is 1. The second kappa shape index (κ2) is 8.40. The van der Waals surface area contributed by atoms with Crippen molar-refractivity contribution in [3.05, 3.63) is 36.4 Å². The Hall–Kier alpha value is -0.469. The molecule has 1 aromatic carbocycles. The normalized spacial score (nSPS) is 12.7. The Morgan fingerprint density at radius 2 is 1.77 bits per heavy atom. The van der Waals surface area contributed by atoms with E-state index in [9.17, 15) is 0 Å². The minimum Gasteiger partial charge on any atom is -0.384 e. The second-order valence-electron chi connectivity index (χ2n) is 7.55. The van der Waals surface area contributed by atoms with Crippen LogP contribution in [0.1, 0.15) is 5.56 Å². The lowest BCUT2D eigenvalue weighted by Crippen LogP contribution is -2.60. The minimum absolute atomic E-state index is 0.715. The van der Waals surface area contributed by atoms with Gasteiger partial charge in [-0.15, -0.1) is 0 Å². The van der Waals surface area contributed by atoms with Crippen LogP contribution in [0.4, 0.5) is 0 Å². The maximum atomic E-state index is 5.92. The van der Waals surface area contributed by atoms with E-state index in [1.54, 1.807) is 0 Å². The Kier molecular flexibility index (Phi) is 7.48. The van der Waals surface area contributed by atoms with Gasteiger partial charge in [-0.1, -0.05) is 81.4 Å². The summed E-state index contributed by atoms with van der Waals surface area (Å²) in [4.78, 5) is 0. The lowest BCUT2D eigenvalue weighted by atomic mass is 10.2. The predicted molar refractivity (Wildman–Crippen MR) is 106 cm³/mol. The van der Waals surface area contributed by atoms with Gasteiger partial charge in [-0.3, -0.25) is 0 Å². The van der Waals surface area contributed by atoms with Crippen LogP contribution in [0.3, 0.4) is 0 Å². The van der Waals surface area contributed by atoms with E-state index < -0.39 is 16.5 Å². The van der Waals surface area contributed by atoms with E-state index in [0.29, 0.717) is 9.52 Å². The third-order valence-corrected chi connectivity index (χ3v) is 12.4. The molecule has 122 valence electrons. The molecule has 1 rings (SSSR count). The Morgan fingerprint density at radius 3 is 2.32 bits per heavy atom. The highest BCUT2D eigenvalue weighted by Gasteiger charge is 2.33. The van der Waals surface area contributed by atoms with Gasteiger partial charge < -0.3 is 8.97 Å². The molecule has 0 atom stereocenters. The molecule has 0 aliphatic rings. The predicted octanol–water partition coefficient (Wildman–Crippen LogP) is 3.61. The molecule has 5 heteroatoms. The van der Waals surface area contributed by atoms with Gasteiger partial charge >= 0.3 is 0 Å². The van der Waals surface area contributed by atoms with Gasteiger partial charge in [-0.05, 0) is 5.56 Å². The highest BCUT2D eigenvalue weighted by atomic mass is 28.4. The SMILES string of the molecule is C=Cc1cccc([Si]COCCN([Si](C)(C)C)[Si](C)(C)C)c1. The second-order valence-corrected chi connectivity index (χ2v) is 19.0. The molecule has 0 unspecified atom stereocenters. The molecule has 0 aliphatic heterocycles. The summed E-state index contributed by atoms with van der Waals surface area (Å²) in [6, 6.07) is 8.55. The fourth-order valence-corrected chi connectivity index (χ4v) is 13.3. The van der Waals surface area contributed by atoms with E-state index in [-0.39, 0.29) is 0 Å². The van der Waals surface area contributed by atoms with Gasteiger partial charge in [0.2, 0.25) is 0 Å². The van der Waals surface area contributed by atoms with Crippen molar-refractivity contribution < 1.29 is 4.74 Å². The third kappa shape index (κ3) is 6.75. The third-order valence-electron chi connectivity index (χ3n) is 3.58. The summed E-state index contributed by atoms with van der Waals surface area (Å²) < 4.78 is 8.70. The maximum absolute atomic E-state index is 5.92. The molecule has 0 bridgehead atoms. The van der Waals surface area contributed by atoms with Crippen molar-refractivity contribution in [2.75, 3.05) is 19.4 Å². The largest absolute Gasteiger partial charge is 0.384 e. The van der Waals surface area contributed by atoms with Gasteiger partial charge in [0.15, 0.2) is 0 Å². The molecule has 2 nitrogen and oxygen atoms in total. The van der Waals surface area contributed by atoms with Crippen molar-refractivity contribution in [3.63, 3.8) is 0 Å². The maximum Gasteiger partial charge on any atom is 0.114 e. The molecule has 0 aliphatic carbocycles. The molecule has 0 saturated carbocycles. The van der Waals surface area contributed by atoms with Gasteiger partial charge in [0.1, 0.15) is 26.0 Å². The summed E-state index contributed by atoms with van der Waals surface area (Å²) in [6.45, 7) is 20.4. The minimum atomic E-state index is -1.25. The molecule has 22 heavy (non-hydrogen) atoms. The summed E-state index contributed by atoms with van der Waals surface area (Å²) >= 11 is 0. The Bertz CT molecular complexity index is 464. The monoisotopic (exact) mass is 349 g/mol. The van der Waals surface area contributed by atoms with Crippen molar-refractivity contribution in [3.8, 4) is 0 Å². The number of hydrogen-bond donors (Lipinski definition) is 0. The van der Waals surface area contributed by atoms with Crippen LogP contribution >= 0.6 is 0 Å². The average molecular weight is 350 g/mol. The molecule has 0 aromatic heterocycles. The zero-order chi connectivity index (χ0) is 16.8. The van der Waals surface area contributed by atoms with Crippen molar-refractivity contribution in [1.29, 1.82) is 0 Å². The quantitative estimate of drug-likeness (QED) is 0.499. The zero-order valence-electron chi connectivity index (χ0n) is 15.1. The number of ether oxygens (including phenoxy) is 1. The van der Waals surface area contributed by atoms with Crippen LogP contribution in [0.2, 0.25) is 39.3 Å². The van der Waals surface area contributed by atoms with Gasteiger partial charge in [-0.2, -0.15) is 0 Å². The molecular weight excluding hydrogens is 318 g/mol. The molecule has 0 amide bonds. The van der Waals surface area contributed by atoms with Crippen molar-refractivity contribution >= 4 is 37.3 Å². The lowest BCUT2D eigenvalue weighted by molar-refractivity contribution is 0.171. The van der Waals surface area contributed by atoms with Crippen LogP contribution in [-0.2, 0) is 4.74 Å². The molecule has 0 spiro atoms. The van der Waals surface area contributed by atoms with Crippen LogP contribution in [0, 0.1) is 0 Å². The van der Waals surface area contributed by atoms with Crippen LogP contribution in [0.25, 0.3) is 6.08 Å². The number of rotatable bonds is 9. The van der Waals surface area contributed by atoms with Gasteiger partial charge in [0, 0.05) is 12.8 Å². The number of benzene rings is 1. The first kappa shape index (κ1) is 19.6. The molecule has 1 aromatic rings. The van der Waals surface area contributed by atoms with Crippen LogP contribution in [-0.4, -0.2) is 49.6 Å². The molecule has 0 heterocycles. The molecule has 0 N–H and O–H groups in total. The highest BCUT2D eigenvalue weighted by Crippen LogP contribution is 2.18. The van der Waals surface area contributed by atoms with E-state index in [1.807, 2.05) is 6.08 Å². The molecule has 0 saturated heterocycles. The topological polar surface area (TPSA) is 12.5 Å². The van der Waals surface area contributed by atoms with E-state index in [2.05, 4.69) is 74.4 Å².